The standard InChI is InChI=1S/C10H16N4O3S3/c1-3-20(16,17)7-6-18-5-4-14(7)9(15)8-12-13-10(11-2)19-8/h7H,3-6H2,1-2H3,(H,11,13). The molecule has 1 amide bonds. The molecule has 1 aliphatic heterocycles. The number of hydrogen-bond donors (Lipinski definition) is 1. The summed E-state index contributed by atoms with van der Waals surface area (Å²) in [6.07, 6.45) is 0. The molecule has 1 saturated heterocycles. The molecule has 10 heteroatoms. The molecule has 0 radical (unpaired) electrons. The summed E-state index contributed by atoms with van der Waals surface area (Å²) >= 11 is 2.68. The molecule has 0 bridgehead atoms. The van der Waals surface area contributed by atoms with Gasteiger partial charge in [0.1, 0.15) is 5.37 Å². The number of aromatic nitrogens is 2. The predicted octanol–water partition coefficient (Wildman–Crippen LogP) is 0.530. The van der Waals surface area contributed by atoms with Crippen LogP contribution in [0, 0.1) is 0 Å². The Morgan fingerprint density at radius 1 is 1.50 bits per heavy atom. The summed E-state index contributed by atoms with van der Waals surface area (Å²) in [6, 6.07) is 0. The lowest BCUT2D eigenvalue weighted by molar-refractivity contribution is 0.0748. The molecule has 1 aliphatic rings. The van der Waals surface area contributed by atoms with Gasteiger partial charge in [0.15, 0.2) is 9.84 Å². The number of carbonyl (C=O) groups is 1. The minimum absolute atomic E-state index is 0.0277. The van der Waals surface area contributed by atoms with Crippen LogP contribution in [-0.4, -0.2) is 65.6 Å². The molecule has 20 heavy (non-hydrogen) atoms. The molecule has 0 spiro atoms. The fraction of sp³-hybridized carbons (Fsp3) is 0.700. The Morgan fingerprint density at radius 3 is 2.85 bits per heavy atom. The van der Waals surface area contributed by atoms with Crippen LogP contribution in [0.2, 0.25) is 0 Å². The molecule has 7 nitrogen and oxygen atoms in total. The molecule has 112 valence electrons. The lowest BCUT2D eigenvalue weighted by Crippen LogP contribution is -2.50. The highest BCUT2D eigenvalue weighted by Gasteiger charge is 2.37. The van der Waals surface area contributed by atoms with Crippen LogP contribution in [0.15, 0.2) is 0 Å². The van der Waals surface area contributed by atoms with Gasteiger partial charge in [-0.15, -0.1) is 10.2 Å². The van der Waals surface area contributed by atoms with E-state index >= 15 is 0 Å². The third-order valence-electron chi connectivity index (χ3n) is 2.98. The summed E-state index contributed by atoms with van der Waals surface area (Å²) in [4.78, 5) is 13.8. The van der Waals surface area contributed by atoms with Gasteiger partial charge in [0.05, 0.1) is 0 Å². The predicted molar refractivity (Wildman–Crippen MR) is 81.1 cm³/mol. The number of thioether (sulfide) groups is 1. The van der Waals surface area contributed by atoms with Crippen molar-refractivity contribution in [1.29, 1.82) is 0 Å². The second kappa shape index (κ2) is 6.27. The van der Waals surface area contributed by atoms with Gasteiger partial charge in [0, 0.05) is 30.9 Å². The van der Waals surface area contributed by atoms with Gasteiger partial charge < -0.3 is 10.2 Å². The summed E-state index contributed by atoms with van der Waals surface area (Å²) < 4.78 is 24.2. The van der Waals surface area contributed by atoms with E-state index in [0.717, 1.165) is 17.1 Å². The molecule has 1 aromatic rings. The Labute approximate surface area is 126 Å². The van der Waals surface area contributed by atoms with Gasteiger partial charge in [-0.05, 0) is 0 Å². The van der Waals surface area contributed by atoms with Gasteiger partial charge in [-0.1, -0.05) is 18.3 Å². The van der Waals surface area contributed by atoms with E-state index in [9.17, 15) is 13.2 Å². The zero-order valence-corrected chi connectivity index (χ0v) is 13.6. The monoisotopic (exact) mass is 336 g/mol. The van der Waals surface area contributed by atoms with E-state index < -0.39 is 15.2 Å². The average Bonchev–Trinajstić information content (AvgIpc) is 2.95. The Kier molecular flexibility index (Phi) is 4.86. The highest BCUT2D eigenvalue weighted by Crippen LogP contribution is 2.25. The van der Waals surface area contributed by atoms with E-state index in [1.165, 1.54) is 4.90 Å². The van der Waals surface area contributed by atoms with Gasteiger partial charge in [0.25, 0.3) is 5.91 Å². The molecule has 0 aromatic carbocycles. The number of carbonyl (C=O) groups excluding carboxylic acids is 1. The number of hydrogen-bond acceptors (Lipinski definition) is 8. The number of anilines is 1. The lowest BCUT2D eigenvalue weighted by Gasteiger charge is -2.33. The molecule has 1 unspecified atom stereocenters. The van der Waals surface area contributed by atoms with Crippen LogP contribution >= 0.6 is 23.1 Å². The molecule has 2 rings (SSSR count). The smallest absolute Gasteiger partial charge is 0.286 e. The Hall–Kier alpha value is -0.870. The lowest BCUT2D eigenvalue weighted by atomic mass is 10.4. The van der Waals surface area contributed by atoms with Gasteiger partial charge in [-0.2, -0.15) is 11.8 Å². The van der Waals surface area contributed by atoms with Gasteiger partial charge in [-0.3, -0.25) is 4.79 Å². The van der Waals surface area contributed by atoms with E-state index in [4.69, 9.17) is 0 Å². The minimum Gasteiger partial charge on any atom is -0.363 e. The van der Waals surface area contributed by atoms with Crippen LogP contribution in [0.4, 0.5) is 5.13 Å². The van der Waals surface area contributed by atoms with Crippen molar-refractivity contribution in [3.05, 3.63) is 5.01 Å². The van der Waals surface area contributed by atoms with E-state index in [0.29, 0.717) is 17.4 Å². The van der Waals surface area contributed by atoms with Gasteiger partial charge >= 0.3 is 0 Å². The third-order valence-corrected chi connectivity index (χ3v) is 7.20. The summed E-state index contributed by atoms with van der Waals surface area (Å²) in [7, 11) is -1.61. The molecule has 1 fully saturated rings. The zero-order valence-electron chi connectivity index (χ0n) is 11.2. The maximum absolute atomic E-state index is 12.4. The van der Waals surface area contributed by atoms with Crippen molar-refractivity contribution in [3.63, 3.8) is 0 Å². The minimum atomic E-state index is -3.30. The summed E-state index contributed by atoms with van der Waals surface area (Å²) in [5, 5.41) is 10.4. The van der Waals surface area contributed by atoms with Gasteiger partial charge in [0.2, 0.25) is 10.1 Å². The largest absolute Gasteiger partial charge is 0.363 e. The number of amides is 1. The van der Waals surface area contributed by atoms with Crippen molar-refractivity contribution in [1.82, 2.24) is 15.1 Å². The molecule has 1 atom stereocenters. The molecule has 0 saturated carbocycles. The van der Waals surface area contributed by atoms with Crippen LogP contribution < -0.4 is 5.32 Å². The number of nitrogens with one attached hydrogen (secondary N) is 1. The quantitative estimate of drug-likeness (QED) is 0.857. The van der Waals surface area contributed by atoms with Crippen molar-refractivity contribution < 1.29 is 13.2 Å². The van der Waals surface area contributed by atoms with E-state index in [2.05, 4.69) is 15.5 Å². The van der Waals surface area contributed by atoms with Crippen molar-refractivity contribution in [2.24, 2.45) is 0 Å². The first-order valence-electron chi connectivity index (χ1n) is 6.11. The highest BCUT2D eigenvalue weighted by atomic mass is 32.2. The Balaban J connectivity index is 2.26. The van der Waals surface area contributed by atoms with E-state index in [-0.39, 0.29) is 16.7 Å². The second-order valence-electron chi connectivity index (χ2n) is 4.14. The second-order valence-corrected chi connectivity index (χ2v) is 8.72. The summed E-state index contributed by atoms with van der Waals surface area (Å²) in [5.74, 6) is 0.824. The van der Waals surface area contributed by atoms with E-state index in [1.807, 2.05) is 0 Å². The molecular formula is C10H16N4O3S3. The first kappa shape index (κ1) is 15.5. The maximum Gasteiger partial charge on any atom is 0.286 e. The van der Waals surface area contributed by atoms with Crippen LogP contribution in [0.5, 0.6) is 0 Å². The fourth-order valence-corrected chi connectivity index (χ4v) is 5.46. The van der Waals surface area contributed by atoms with Crippen LogP contribution in [0.25, 0.3) is 0 Å². The molecular weight excluding hydrogens is 320 g/mol. The van der Waals surface area contributed by atoms with Crippen molar-refractivity contribution >= 4 is 44.0 Å². The normalized spacial score (nSPS) is 19.9. The van der Waals surface area contributed by atoms with Crippen LogP contribution in [-0.2, 0) is 9.84 Å². The highest BCUT2D eigenvalue weighted by molar-refractivity contribution is 8.01. The fourth-order valence-electron chi connectivity index (χ4n) is 1.84. The third kappa shape index (κ3) is 3.07. The summed E-state index contributed by atoms with van der Waals surface area (Å²) in [6.45, 7) is 2.02. The van der Waals surface area contributed by atoms with Crippen molar-refractivity contribution in [2.45, 2.75) is 12.3 Å². The van der Waals surface area contributed by atoms with Gasteiger partial charge in [-0.25, -0.2) is 8.42 Å². The SMILES string of the molecule is CCS(=O)(=O)C1CSCCN1C(=O)c1nnc(NC)s1. The topological polar surface area (TPSA) is 92.3 Å². The zero-order chi connectivity index (χ0) is 14.8. The summed E-state index contributed by atoms with van der Waals surface area (Å²) in [5.41, 5.74) is 0. The molecule has 1 aromatic heterocycles. The van der Waals surface area contributed by atoms with Crippen LogP contribution in [0.1, 0.15) is 16.7 Å². The first-order chi connectivity index (χ1) is 9.49. The number of nitrogens with zero attached hydrogens (tertiary/aromatic N) is 3. The Bertz CT molecular complexity index is 586. The number of rotatable bonds is 4. The molecule has 0 aliphatic carbocycles. The molecule has 1 N–H and O–H groups in total. The van der Waals surface area contributed by atoms with Crippen LogP contribution in [0.3, 0.4) is 0 Å². The first-order valence-corrected chi connectivity index (χ1v) is 9.79. The van der Waals surface area contributed by atoms with E-state index in [1.54, 1.807) is 25.7 Å². The average molecular weight is 336 g/mol. The van der Waals surface area contributed by atoms with Crippen molar-refractivity contribution in [3.8, 4) is 0 Å². The number of sulfone groups is 1. The maximum atomic E-state index is 12.4. The van der Waals surface area contributed by atoms with Crippen molar-refractivity contribution in [2.75, 3.05) is 36.2 Å². The molecule has 2 heterocycles. The Morgan fingerprint density at radius 2 is 2.25 bits per heavy atom.